The molecule has 2 rings (SSSR count). The Morgan fingerprint density at radius 2 is 2.20 bits per heavy atom. The third-order valence-electron chi connectivity index (χ3n) is 2.84. The first-order valence-electron chi connectivity index (χ1n) is 4.99. The summed E-state index contributed by atoms with van der Waals surface area (Å²) >= 11 is 0. The van der Waals surface area contributed by atoms with Crippen LogP contribution in [0.3, 0.4) is 0 Å². The van der Waals surface area contributed by atoms with E-state index in [1.807, 2.05) is 25.1 Å². The SMILES string of the molecule is CNC(=O)C1CC(=O)c2cc(C)ccc21. The molecule has 1 atom stereocenters. The highest BCUT2D eigenvalue weighted by Crippen LogP contribution is 2.33. The molecular weight excluding hydrogens is 190 g/mol. The molecule has 0 radical (unpaired) electrons. The number of carbonyl (C=O) groups is 2. The lowest BCUT2D eigenvalue weighted by molar-refractivity contribution is -0.121. The Labute approximate surface area is 88.5 Å². The number of carbonyl (C=O) groups excluding carboxylic acids is 2. The van der Waals surface area contributed by atoms with Crippen molar-refractivity contribution in [1.29, 1.82) is 0 Å². The minimum absolute atomic E-state index is 0.0716. The molecule has 0 saturated carbocycles. The van der Waals surface area contributed by atoms with Crippen molar-refractivity contribution in [2.45, 2.75) is 19.3 Å². The topological polar surface area (TPSA) is 46.2 Å². The second-order valence-electron chi connectivity index (χ2n) is 3.88. The van der Waals surface area contributed by atoms with E-state index < -0.39 is 0 Å². The molecule has 0 spiro atoms. The summed E-state index contributed by atoms with van der Waals surface area (Å²) in [5.41, 5.74) is 2.63. The van der Waals surface area contributed by atoms with Gasteiger partial charge in [0.05, 0.1) is 5.92 Å². The molecule has 3 nitrogen and oxygen atoms in total. The maximum absolute atomic E-state index is 11.7. The van der Waals surface area contributed by atoms with Gasteiger partial charge in [-0.1, -0.05) is 17.7 Å². The van der Waals surface area contributed by atoms with E-state index in [-0.39, 0.29) is 17.6 Å². The van der Waals surface area contributed by atoms with E-state index in [1.165, 1.54) is 0 Å². The van der Waals surface area contributed by atoms with Gasteiger partial charge in [0.2, 0.25) is 5.91 Å². The summed E-state index contributed by atoms with van der Waals surface area (Å²) in [4.78, 5) is 23.2. The molecule has 0 fully saturated rings. The van der Waals surface area contributed by atoms with Gasteiger partial charge in [0, 0.05) is 19.0 Å². The lowest BCUT2D eigenvalue weighted by Crippen LogP contribution is -2.24. The van der Waals surface area contributed by atoms with E-state index in [1.54, 1.807) is 7.05 Å². The van der Waals surface area contributed by atoms with Crippen LogP contribution in [-0.2, 0) is 4.79 Å². The van der Waals surface area contributed by atoms with Crippen LogP contribution in [0.5, 0.6) is 0 Å². The molecule has 1 aliphatic rings. The Balaban J connectivity index is 2.47. The number of hydrogen-bond acceptors (Lipinski definition) is 2. The van der Waals surface area contributed by atoms with E-state index >= 15 is 0 Å². The third kappa shape index (κ3) is 1.54. The molecule has 1 aromatic rings. The van der Waals surface area contributed by atoms with Gasteiger partial charge in [-0.15, -0.1) is 0 Å². The van der Waals surface area contributed by atoms with E-state index in [2.05, 4.69) is 5.32 Å². The fourth-order valence-corrected chi connectivity index (χ4v) is 2.03. The van der Waals surface area contributed by atoms with Gasteiger partial charge in [-0.3, -0.25) is 9.59 Å². The molecule has 0 aromatic heterocycles. The highest BCUT2D eigenvalue weighted by Gasteiger charge is 2.33. The Kier molecular flexibility index (Phi) is 2.31. The summed E-state index contributed by atoms with van der Waals surface area (Å²) < 4.78 is 0. The highest BCUT2D eigenvalue weighted by molar-refractivity contribution is 6.06. The minimum atomic E-state index is -0.293. The minimum Gasteiger partial charge on any atom is -0.359 e. The lowest BCUT2D eigenvalue weighted by atomic mass is 9.99. The van der Waals surface area contributed by atoms with Gasteiger partial charge in [0.1, 0.15) is 0 Å². The Bertz CT molecular complexity index is 437. The summed E-state index contributed by atoms with van der Waals surface area (Å²) in [6.45, 7) is 1.95. The molecule has 1 N–H and O–H groups in total. The summed E-state index contributed by atoms with van der Waals surface area (Å²) in [5, 5.41) is 2.59. The predicted molar refractivity (Wildman–Crippen MR) is 56.9 cm³/mol. The fraction of sp³-hybridized carbons (Fsp3) is 0.333. The zero-order valence-corrected chi connectivity index (χ0v) is 8.83. The van der Waals surface area contributed by atoms with Crippen LogP contribution >= 0.6 is 0 Å². The van der Waals surface area contributed by atoms with Gasteiger partial charge in [-0.2, -0.15) is 0 Å². The van der Waals surface area contributed by atoms with Gasteiger partial charge in [-0.25, -0.2) is 0 Å². The van der Waals surface area contributed by atoms with Crippen LogP contribution in [0.1, 0.15) is 33.8 Å². The van der Waals surface area contributed by atoms with Crippen molar-refractivity contribution < 1.29 is 9.59 Å². The number of Topliss-reactive ketones (excluding diaryl/α,β-unsaturated/α-hetero) is 1. The number of amides is 1. The molecule has 3 heteroatoms. The summed E-state index contributed by atoms with van der Waals surface area (Å²) in [7, 11) is 1.60. The molecule has 1 amide bonds. The maximum Gasteiger partial charge on any atom is 0.227 e. The van der Waals surface area contributed by atoms with Gasteiger partial charge >= 0.3 is 0 Å². The molecule has 15 heavy (non-hydrogen) atoms. The zero-order chi connectivity index (χ0) is 11.0. The number of likely N-dealkylation sites (N-methyl/N-ethyl adjacent to an activating group) is 1. The Morgan fingerprint density at radius 3 is 2.87 bits per heavy atom. The number of aryl methyl sites for hydroxylation is 1. The van der Waals surface area contributed by atoms with E-state index in [4.69, 9.17) is 0 Å². The first-order chi connectivity index (χ1) is 7.13. The summed E-state index contributed by atoms with van der Waals surface area (Å²) in [5.74, 6) is -0.300. The van der Waals surface area contributed by atoms with Crippen LogP contribution < -0.4 is 5.32 Å². The van der Waals surface area contributed by atoms with Crippen molar-refractivity contribution in [2.75, 3.05) is 7.05 Å². The smallest absolute Gasteiger partial charge is 0.227 e. The fourth-order valence-electron chi connectivity index (χ4n) is 2.03. The average Bonchev–Trinajstić information content (AvgIpc) is 2.55. The van der Waals surface area contributed by atoms with Crippen molar-refractivity contribution in [3.05, 3.63) is 34.9 Å². The molecule has 0 saturated heterocycles. The molecule has 0 heterocycles. The van der Waals surface area contributed by atoms with E-state index in [0.29, 0.717) is 12.0 Å². The van der Waals surface area contributed by atoms with E-state index in [0.717, 1.165) is 11.1 Å². The van der Waals surface area contributed by atoms with Gasteiger partial charge < -0.3 is 5.32 Å². The van der Waals surface area contributed by atoms with Crippen LogP contribution in [0.4, 0.5) is 0 Å². The number of hydrogen-bond donors (Lipinski definition) is 1. The molecule has 0 aliphatic heterocycles. The van der Waals surface area contributed by atoms with Crippen LogP contribution in [0.2, 0.25) is 0 Å². The first-order valence-corrected chi connectivity index (χ1v) is 4.99. The number of ketones is 1. The second-order valence-corrected chi connectivity index (χ2v) is 3.88. The standard InChI is InChI=1S/C12H13NO2/c1-7-3-4-8-9(5-7)11(14)6-10(8)12(15)13-2/h3-5,10H,6H2,1-2H3,(H,13,15). The van der Waals surface area contributed by atoms with Crippen LogP contribution in [-0.4, -0.2) is 18.7 Å². The molecule has 78 valence electrons. The van der Waals surface area contributed by atoms with Gasteiger partial charge in [0.25, 0.3) is 0 Å². The Hall–Kier alpha value is -1.64. The largest absolute Gasteiger partial charge is 0.359 e. The number of fused-ring (bicyclic) bond motifs is 1. The van der Waals surface area contributed by atoms with Crippen LogP contribution in [0.15, 0.2) is 18.2 Å². The number of rotatable bonds is 1. The molecule has 0 bridgehead atoms. The molecule has 1 aliphatic carbocycles. The summed E-state index contributed by atoms with van der Waals surface area (Å²) in [6.07, 6.45) is 0.304. The Morgan fingerprint density at radius 1 is 1.47 bits per heavy atom. The molecule has 1 aromatic carbocycles. The average molecular weight is 203 g/mol. The van der Waals surface area contributed by atoms with Gasteiger partial charge in [0.15, 0.2) is 5.78 Å². The first kappa shape index (κ1) is 9.90. The third-order valence-corrected chi connectivity index (χ3v) is 2.84. The predicted octanol–water partition coefficient (Wildman–Crippen LogP) is 1.41. The maximum atomic E-state index is 11.7. The van der Waals surface area contributed by atoms with Crippen molar-refractivity contribution >= 4 is 11.7 Å². The number of nitrogens with one attached hydrogen (secondary N) is 1. The summed E-state index contributed by atoms with van der Waals surface area (Å²) in [6, 6.07) is 5.68. The van der Waals surface area contributed by atoms with E-state index in [9.17, 15) is 9.59 Å². The van der Waals surface area contributed by atoms with Crippen molar-refractivity contribution in [3.8, 4) is 0 Å². The van der Waals surface area contributed by atoms with Crippen molar-refractivity contribution in [1.82, 2.24) is 5.32 Å². The van der Waals surface area contributed by atoms with Crippen LogP contribution in [0, 0.1) is 6.92 Å². The van der Waals surface area contributed by atoms with Crippen molar-refractivity contribution in [2.24, 2.45) is 0 Å². The number of benzene rings is 1. The van der Waals surface area contributed by atoms with Crippen molar-refractivity contribution in [3.63, 3.8) is 0 Å². The van der Waals surface area contributed by atoms with Crippen LogP contribution in [0.25, 0.3) is 0 Å². The molecule has 1 unspecified atom stereocenters. The lowest BCUT2D eigenvalue weighted by Gasteiger charge is -2.08. The highest BCUT2D eigenvalue weighted by atomic mass is 16.2. The monoisotopic (exact) mass is 203 g/mol. The second kappa shape index (κ2) is 3.50. The molecular formula is C12H13NO2. The zero-order valence-electron chi connectivity index (χ0n) is 8.83. The van der Waals surface area contributed by atoms with Gasteiger partial charge in [-0.05, 0) is 18.6 Å². The quantitative estimate of drug-likeness (QED) is 0.750. The normalized spacial score (nSPS) is 18.8.